The molecule has 3 saturated carbocycles. The van der Waals surface area contributed by atoms with Crippen molar-refractivity contribution in [3.8, 4) is 0 Å². The lowest BCUT2D eigenvalue weighted by Gasteiger charge is -2.31. The molecule has 3 fully saturated rings. The Hall–Kier alpha value is -4.47. The van der Waals surface area contributed by atoms with Crippen molar-refractivity contribution in [2.45, 2.75) is 182 Å². The Labute approximate surface area is 405 Å². The van der Waals surface area contributed by atoms with Gasteiger partial charge in [0.15, 0.2) is 0 Å². The highest BCUT2D eigenvalue weighted by Crippen LogP contribution is 2.43. The van der Waals surface area contributed by atoms with Crippen LogP contribution in [-0.4, -0.2) is 52.7 Å². The van der Waals surface area contributed by atoms with Crippen molar-refractivity contribution in [3.63, 3.8) is 0 Å². The van der Waals surface area contributed by atoms with E-state index >= 15 is 0 Å². The van der Waals surface area contributed by atoms with Gasteiger partial charge in [-0.25, -0.2) is 26.3 Å². The first kappa shape index (κ1) is 57.1. The Morgan fingerprint density at radius 1 is 0.478 bits per heavy atom. The standard InChI is InChI=1S/3C18H25F2NO2/c2*1-11-5-13(11)8-16(17(22)21-18(2,3)4)23-10-12-6-14(19)9-15(20)7-12;1-18(2,3)21-17(22)16(9-12-5-4-6-12)23-11-13-7-14(19)10-15(20)8-13/h2*6-7,9,11,13,16H,5,8,10H2,1-4H3,(H,21,22);7-8,10,12,16H,4-6,9,11H2,1-3H3,(H,21,22). The normalized spacial score (nSPS) is 20.1. The molecule has 3 aromatic carbocycles. The van der Waals surface area contributed by atoms with E-state index in [1.165, 1.54) is 42.8 Å². The van der Waals surface area contributed by atoms with Crippen molar-refractivity contribution in [2.24, 2.45) is 29.6 Å². The molecular weight excluding hydrogens is 901 g/mol. The van der Waals surface area contributed by atoms with Crippen LogP contribution in [0.25, 0.3) is 0 Å². The predicted octanol–water partition coefficient (Wildman–Crippen LogP) is 11.6. The second kappa shape index (κ2) is 25.1. The van der Waals surface area contributed by atoms with Gasteiger partial charge in [0.1, 0.15) is 53.2 Å². The van der Waals surface area contributed by atoms with Gasteiger partial charge in [-0.05, 0) is 177 Å². The van der Waals surface area contributed by atoms with E-state index in [0.717, 1.165) is 43.9 Å². The molecule has 15 heteroatoms. The highest BCUT2D eigenvalue weighted by molar-refractivity contribution is 5.82. The van der Waals surface area contributed by atoms with Gasteiger partial charge in [-0.3, -0.25) is 14.4 Å². The third-order valence-corrected chi connectivity index (χ3v) is 11.9. The van der Waals surface area contributed by atoms with Crippen LogP contribution in [-0.2, 0) is 48.4 Å². The fourth-order valence-corrected chi connectivity index (χ4v) is 7.81. The summed E-state index contributed by atoms with van der Waals surface area (Å²) in [7, 11) is 0. The van der Waals surface area contributed by atoms with Crippen LogP contribution in [0.5, 0.6) is 0 Å². The van der Waals surface area contributed by atoms with Crippen molar-refractivity contribution < 1.29 is 54.9 Å². The first-order valence-corrected chi connectivity index (χ1v) is 24.2. The number of halogens is 6. The lowest BCUT2D eigenvalue weighted by Crippen LogP contribution is -2.47. The summed E-state index contributed by atoms with van der Waals surface area (Å²) < 4.78 is 96.5. The molecule has 384 valence electrons. The smallest absolute Gasteiger partial charge is 0.249 e. The number of rotatable bonds is 18. The third-order valence-electron chi connectivity index (χ3n) is 11.9. The van der Waals surface area contributed by atoms with E-state index in [1.807, 2.05) is 62.3 Å². The van der Waals surface area contributed by atoms with Crippen LogP contribution < -0.4 is 16.0 Å². The highest BCUT2D eigenvalue weighted by Gasteiger charge is 2.39. The van der Waals surface area contributed by atoms with E-state index in [4.69, 9.17) is 14.2 Å². The minimum atomic E-state index is -0.643. The van der Waals surface area contributed by atoms with Gasteiger partial charge in [0.25, 0.3) is 0 Å². The van der Waals surface area contributed by atoms with E-state index in [0.29, 0.717) is 65.5 Å². The van der Waals surface area contributed by atoms with Gasteiger partial charge >= 0.3 is 0 Å². The fourth-order valence-electron chi connectivity index (χ4n) is 7.81. The third kappa shape index (κ3) is 22.4. The average Bonchev–Trinajstić information content (AvgIpc) is 4.07. The van der Waals surface area contributed by atoms with Crippen molar-refractivity contribution >= 4 is 17.7 Å². The SMILES string of the molecule is CC(C)(C)NC(=O)C(CC1CCC1)OCc1cc(F)cc(F)c1.CC1CC1CC(OCc1cc(F)cc(F)c1)C(=O)NC(C)(C)C.CC1CC1CC(OCc1cc(F)cc(F)c1)C(=O)NC(C)(C)C. The minimum absolute atomic E-state index is 0.0119. The number of ether oxygens (including phenoxy) is 3. The molecule has 0 radical (unpaired) electrons. The van der Waals surface area contributed by atoms with Gasteiger partial charge in [0.2, 0.25) is 17.7 Å². The molecule has 0 bridgehead atoms. The van der Waals surface area contributed by atoms with Crippen LogP contribution in [0.15, 0.2) is 54.6 Å². The molecule has 0 aliphatic heterocycles. The van der Waals surface area contributed by atoms with E-state index in [2.05, 4.69) is 29.8 Å². The van der Waals surface area contributed by atoms with E-state index < -0.39 is 53.2 Å². The maximum Gasteiger partial charge on any atom is 0.249 e. The molecule has 7 atom stereocenters. The zero-order chi connectivity index (χ0) is 51.4. The van der Waals surface area contributed by atoms with Crippen LogP contribution in [0.2, 0.25) is 0 Å². The summed E-state index contributed by atoms with van der Waals surface area (Å²) in [6.45, 7) is 21.5. The maximum absolute atomic E-state index is 13.2. The molecule has 0 aromatic heterocycles. The fraction of sp³-hybridized carbons (Fsp3) is 0.611. The van der Waals surface area contributed by atoms with Gasteiger partial charge in [-0.1, -0.05) is 33.1 Å². The molecule has 6 rings (SSSR count). The zero-order valence-electron chi connectivity index (χ0n) is 42.3. The van der Waals surface area contributed by atoms with Crippen LogP contribution in [0.1, 0.15) is 144 Å². The highest BCUT2D eigenvalue weighted by atomic mass is 19.2. The quantitative estimate of drug-likeness (QED) is 0.109. The lowest BCUT2D eigenvalue weighted by molar-refractivity contribution is -0.137. The maximum atomic E-state index is 13.2. The van der Waals surface area contributed by atoms with Gasteiger partial charge in [-0.2, -0.15) is 0 Å². The summed E-state index contributed by atoms with van der Waals surface area (Å²) in [4.78, 5) is 37.2. The van der Waals surface area contributed by atoms with Crippen LogP contribution >= 0.6 is 0 Å². The molecule has 0 heterocycles. The van der Waals surface area contributed by atoms with E-state index in [9.17, 15) is 40.7 Å². The average molecular weight is 976 g/mol. The van der Waals surface area contributed by atoms with Gasteiger partial charge in [-0.15, -0.1) is 0 Å². The number of carbonyl (C=O) groups is 3. The first-order valence-electron chi connectivity index (χ1n) is 24.2. The van der Waals surface area contributed by atoms with Gasteiger partial charge < -0.3 is 30.2 Å². The molecular formula is C54H75F6N3O6. The largest absolute Gasteiger partial charge is 0.364 e. The number of hydrogen-bond donors (Lipinski definition) is 3. The molecule has 3 aliphatic rings. The minimum Gasteiger partial charge on any atom is -0.364 e. The first-order chi connectivity index (χ1) is 32.0. The number of carbonyl (C=O) groups excluding carboxylic acids is 3. The molecule has 9 nitrogen and oxygen atoms in total. The van der Waals surface area contributed by atoms with E-state index in [1.54, 1.807) is 0 Å². The monoisotopic (exact) mass is 976 g/mol. The predicted molar refractivity (Wildman–Crippen MR) is 254 cm³/mol. The van der Waals surface area contributed by atoms with E-state index in [-0.39, 0.29) is 54.2 Å². The Bertz CT molecular complexity index is 1880. The summed E-state index contributed by atoms with van der Waals surface area (Å²) >= 11 is 0. The van der Waals surface area contributed by atoms with Gasteiger partial charge in [0.05, 0.1) is 19.8 Å². The van der Waals surface area contributed by atoms with Crippen LogP contribution in [0.4, 0.5) is 26.3 Å². The lowest BCUT2D eigenvalue weighted by atomic mass is 9.81. The molecule has 0 saturated heterocycles. The summed E-state index contributed by atoms with van der Waals surface area (Å²) in [6.07, 6.45) is 5.73. The van der Waals surface area contributed by atoms with Crippen molar-refractivity contribution in [1.82, 2.24) is 16.0 Å². The molecule has 7 unspecified atom stereocenters. The summed E-state index contributed by atoms with van der Waals surface area (Å²) in [5, 5.41) is 8.75. The second-order valence-electron chi connectivity index (χ2n) is 22.4. The Kier molecular flexibility index (Phi) is 20.8. The zero-order valence-corrected chi connectivity index (χ0v) is 42.3. The van der Waals surface area contributed by atoms with Crippen LogP contribution in [0, 0.1) is 64.5 Å². The molecule has 3 amide bonds. The summed E-state index contributed by atoms with van der Waals surface area (Å²) in [5.41, 5.74) is 0.130. The molecule has 0 spiro atoms. The van der Waals surface area contributed by atoms with Crippen molar-refractivity contribution in [1.29, 1.82) is 0 Å². The number of nitrogens with one attached hydrogen (secondary N) is 3. The molecule has 3 aromatic rings. The number of benzene rings is 3. The summed E-state index contributed by atoms with van der Waals surface area (Å²) in [6, 6.07) is 9.81. The molecule has 3 N–H and O–H groups in total. The molecule has 3 aliphatic carbocycles. The van der Waals surface area contributed by atoms with Gasteiger partial charge in [0, 0.05) is 34.8 Å². The Morgan fingerprint density at radius 3 is 0.928 bits per heavy atom. The number of amides is 3. The number of hydrogen-bond acceptors (Lipinski definition) is 6. The van der Waals surface area contributed by atoms with Crippen molar-refractivity contribution in [2.75, 3.05) is 0 Å². The Morgan fingerprint density at radius 2 is 0.725 bits per heavy atom. The van der Waals surface area contributed by atoms with Crippen LogP contribution in [0.3, 0.4) is 0 Å². The Balaban J connectivity index is 0.000000225. The second-order valence-corrected chi connectivity index (χ2v) is 22.4. The summed E-state index contributed by atoms with van der Waals surface area (Å²) in [5.74, 6) is -1.69. The molecule has 69 heavy (non-hydrogen) atoms. The van der Waals surface area contributed by atoms with Crippen molar-refractivity contribution in [3.05, 3.63) is 106 Å². The topological polar surface area (TPSA) is 115 Å².